The first-order valence-corrected chi connectivity index (χ1v) is 4.63. The van der Waals surface area contributed by atoms with Crippen LogP contribution in [0.3, 0.4) is 0 Å². The van der Waals surface area contributed by atoms with Gasteiger partial charge < -0.3 is 9.15 Å². The van der Waals surface area contributed by atoms with E-state index in [4.69, 9.17) is 9.15 Å². The zero-order chi connectivity index (χ0) is 11.5. The quantitative estimate of drug-likeness (QED) is 0.746. The highest BCUT2D eigenvalue weighted by atomic mass is 19.1. The van der Waals surface area contributed by atoms with Gasteiger partial charge in [-0.3, -0.25) is 4.79 Å². The van der Waals surface area contributed by atoms with Crippen molar-refractivity contribution in [3.8, 4) is 17.1 Å². The van der Waals surface area contributed by atoms with E-state index in [1.807, 2.05) is 0 Å². The molecule has 2 aromatic rings. The number of methoxy groups -OCH3 is 1. The van der Waals surface area contributed by atoms with Gasteiger partial charge in [-0.2, -0.15) is 0 Å². The van der Waals surface area contributed by atoms with Crippen LogP contribution in [0.2, 0.25) is 0 Å². The van der Waals surface area contributed by atoms with Crippen molar-refractivity contribution in [1.82, 2.24) is 0 Å². The highest BCUT2D eigenvalue weighted by Crippen LogP contribution is 2.27. The highest BCUT2D eigenvalue weighted by Gasteiger charge is 2.08. The third-order valence-corrected chi connectivity index (χ3v) is 2.18. The molecule has 0 aliphatic heterocycles. The second kappa shape index (κ2) is 4.18. The molecule has 0 unspecified atom stereocenters. The second-order valence-corrected chi connectivity index (χ2v) is 3.17. The number of furan rings is 1. The van der Waals surface area contributed by atoms with Crippen LogP contribution in [0.1, 0.15) is 10.6 Å². The third kappa shape index (κ3) is 1.82. The van der Waals surface area contributed by atoms with Gasteiger partial charge >= 0.3 is 0 Å². The number of aldehydes is 1. The van der Waals surface area contributed by atoms with Gasteiger partial charge in [-0.15, -0.1) is 0 Å². The molecule has 0 saturated carbocycles. The highest BCUT2D eigenvalue weighted by molar-refractivity contribution is 5.73. The Bertz CT molecular complexity index is 517. The Morgan fingerprint density at radius 1 is 1.31 bits per heavy atom. The van der Waals surface area contributed by atoms with Gasteiger partial charge in [0.15, 0.2) is 23.6 Å². The molecule has 3 nitrogen and oxygen atoms in total. The Kier molecular flexibility index (Phi) is 2.72. The summed E-state index contributed by atoms with van der Waals surface area (Å²) in [5.41, 5.74) is 0.659. The number of carbonyl (C=O) groups is 1. The minimum atomic E-state index is -0.437. The first-order valence-electron chi connectivity index (χ1n) is 4.63. The number of rotatable bonds is 3. The van der Waals surface area contributed by atoms with Crippen molar-refractivity contribution in [2.45, 2.75) is 0 Å². The van der Waals surface area contributed by atoms with Crippen LogP contribution in [0.4, 0.5) is 4.39 Å². The van der Waals surface area contributed by atoms with Crippen LogP contribution in [0.15, 0.2) is 34.7 Å². The lowest BCUT2D eigenvalue weighted by atomic mass is 10.1. The van der Waals surface area contributed by atoms with E-state index < -0.39 is 5.82 Å². The summed E-state index contributed by atoms with van der Waals surface area (Å²) in [5, 5.41) is 0. The Balaban J connectivity index is 2.43. The number of hydrogen-bond donors (Lipinski definition) is 0. The standard InChI is InChI=1S/C12H9FO3/c1-15-12-6-8(2-4-10(12)13)11-5-3-9(7-14)16-11/h2-7H,1H3. The van der Waals surface area contributed by atoms with Gasteiger partial charge in [-0.05, 0) is 30.3 Å². The zero-order valence-corrected chi connectivity index (χ0v) is 8.57. The van der Waals surface area contributed by atoms with Gasteiger partial charge in [0.25, 0.3) is 0 Å². The first-order chi connectivity index (χ1) is 7.74. The molecule has 0 saturated heterocycles. The smallest absolute Gasteiger partial charge is 0.185 e. The fourth-order valence-corrected chi connectivity index (χ4v) is 1.38. The molecule has 0 aliphatic rings. The Labute approximate surface area is 91.5 Å². The summed E-state index contributed by atoms with van der Waals surface area (Å²) in [6.45, 7) is 0. The number of halogens is 1. The average molecular weight is 220 g/mol. The maximum atomic E-state index is 13.1. The molecule has 82 valence electrons. The van der Waals surface area contributed by atoms with Gasteiger partial charge in [-0.1, -0.05) is 0 Å². The van der Waals surface area contributed by atoms with E-state index in [0.29, 0.717) is 17.6 Å². The van der Waals surface area contributed by atoms with Crippen molar-refractivity contribution in [1.29, 1.82) is 0 Å². The SMILES string of the molecule is COc1cc(-c2ccc(C=O)o2)ccc1F. The lowest BCUT2D eigenvalue weighted by molar-refractivity contribution is 0.110. The van der Waals surface area contributed by atoms with E-state index in [1.54, 1.807) is 18.2 Å². The third-order valence-electron chi connectivity index (χ3n) is 2.18. The molecule has 4 heteroatoms. The molecule has 1 aromatic heterocycles. The predicted octanol–water partition coefficient (Wildman–Crippen LogP) is 2.91. The molecule has 1 aromatic carbocycles. The fourth-order valence-electron chi connectivity index (χ4n) is 1.38. The average Bonchev–Trinajstić information content (AvgIpc) is 2.78. The van der Waals surface area contributed by atoms with E-state index in [2.05, 4.69) is 0 Å². The minimum absolute atomic E-state index is 0.140. The normalized spacial score (nSPS) is 10.1. The summed E-state index contributed by atoms with van der Waals surface area (Å²) in [5.74, 6) is 0.439. The van der Waals surface area contributed by atoms with Crippen LogP contribution in [0.25, 0.3) is 11.3 Å². The van der Waals surface area contributed by atoms with Crippen LogP contribution < -0.4 is 4.74 Å². The Hall–Kier alpha value is -2.10. The summed E-state index contributed by atoms with van der Waals surface area (Å²) in [4.78, 5) is 10.4. The van der Waals surface area contributed by atoms with Gasteiger partial charge in [-0.25, -0.2) is 4.39 Å². The second-order valence-electron chi connectivity index (χ2n) is 3.17. The predicted molar refractivity (Wildman–Crippen MR) is 56.0 cm³/mol. The van der Waals surface area contributed by atoms with Crippen molar-refractivity contribution in [2.75, 3.05) is 7.11 Å². The monoisotopic (exact) mass is 220 g/mol. The molecule has 0 aliphatic carbocycles. The van der Waals surface area contributed by atoms with Crippen molar-refractivity contribution in [3.05, 3.63) is 41.9 Å². The van der Waals surface area contributed by atoms with Crippen molar-refractivity contribution < 1.29 is 18.3 Å². The lowest BCUT2D eigenvalue weighted by Crippen LogP contribution is -1.88. The van der Waals surface area contributed by atoms with Crippen molar-refractivity contribution in [3.63, 3.8) is 0 Å². The number of hydrogen-bond acceptors (Lipinski definition) is 3. The molecule has 0 bridgehead atoms. The summed E-state index contributed by atoms with van der Waals surface area (Å²) in [7, 11) is 1.39. The fraction of sp³-hybridized carbons (Fsp3) is 0.0833. The molecule has 0 fully saturated rings. The van der Waals surface area contributed by atoms with E-state index in [1.165, 1.54) is 19.2 Å². The Morgan fingerprint density at radius 2 is 2.12 bits per heavy atom. The van der Waals surface area contributed by atoms with Crippen molar-refractivity contribution >= 4 is 6.29 Å². The van der Waals surface area contributed by atoms with Gasteiger partial charge in [0.1, 0.15) is 5.76 Å². The summed E-state index contributed by atoms with van der Waals surface area (Å²) < 4.78 is 23.2. The lowest BCUT2D eigenvalue weighted by Gasteiger charge is -2.03. The summed E-state index contributed by atoms with van der Waals surface area (Å²) in [6, 6.07) is 7.57. The van der Waals surface area contributed by atoms with Crippen LogP contribution in [-0.2, 0) is 0 Å². The van der Waals surface area contributed by atoms with E-state index in [-0.39, 0.29) is 11.5 Å². The van der Waals surface area contributed by atoms with Crippen molar-refractivity contribution in [2.24, 2.45) is 0 Å². The molecule has 0 atom stereocenters. The zero-order valence-electron chi connectivity index (χ0n) is 8.57. The molecule has 1 heterocycles. The minimum Gasteiger partial charge on any atom is -0.494 e. The van der Waals surface area contributed by atoms with Crippen LogP contribution in [0.5, 0.6) is 5.75 Å². The topological polar surface area (TPSA) is 39.4 Å². The molecule has 0 spiro atoms. The van der Waals surface area contributed by atoms with E-state index >= 15 is 0 Å². The van der Waals surface area contributed by atoms with Gasteiger partial charge in [0.2, 0.25) is 0 Å². The molecular weight excluding hydrogens is 211 g/mol. The molecule has 16 heavy (non-hydrogen) atoms. The maximum Gasteiger partial charge on any atom is 0.185 e. The van der Waals surface area contributed by atoms with Crippen LogP contribution in [-0.4, -0.2) is 13.4 Å². The molecule has 0 N–H and O–H groups in total. The molecule has 0 amide bonds. The van der Waals surface area contributed by atoms with E-state index in [9.17, 15) is 9.18 Å². The summed E-state index contributed by atoms with van der Waals surface area (Å²) >= 11 is 0. The van der Waals surface area contributed by atoms with Gasteiger partial charge in [0.05, 0.1) is 7.11 Å². The van der Waals surface area contributed by atoms with Crippen LogP contribution in [0, 0.1) is 5.82 Å². The largest absolute Gasteiger partial charge is 0.494 e. The number of carbonyl (C=O) groups excluding carboxylic acids is 1. The summed E-state index contributed by atoms with van der Waals surface area (Å²) in [6.07, 6.45) is 0.615. The number of ether oxygens (including phenoxy) is 1. The number of benzene rings is 1. The molecular formula is C12H9FO3. The maximum absolute atomic E-state index is 13.1. The van der Waals surface area contributed by atoms with E-state index in [0.717, 1.165) is 0 Å². The first kappa shape index (κ1) is 10.4. The molecule has 2 rings (SSSR count). The Morgan fingerprint density at radius 3 is 2.75 bits per heavy atom. The van der Waals surface area contributed by atoms with Gasteiger partial charge in [0, 0.05) is 5.56 Å². The molecule has 0 radical (unpaired) electrons. The van der Waals surface area contributed by atoms with Crippen LogP contribution >= 0.6 is 0 Å².